The van der Waals surface area contributed by atoms with Gasteiger partial charge in [-0.15, -0.1) is 0 Å². The SMILES string of the molecule is CC(CCN(C)C)NC(=O)CCCOc1ccc(Cl)cc1Cl. The van der Waals surface area contributed by atoms with Crippen LogP contribution < -0.4 is 10.1 Å². The van der Waals surface area contributed by atoms with Crippen LogP contribution >= 0.6 is 23.2 Å². The maximum atomic E-state index is 11.8. The summed E-state index contributed by atoms with van der Waals surface area (Å²) < 4.78 is 5.55. The number of carbonyl (C=O) groups excluding carboxylic acids is 1. The Morgan fingerprint density at radius 1 is 1.36 bits per heavy atom. The average Bonchev–Trinajstić information content (AvgIpc) is 2.43. The molecule has 1 rings (SSSR count). The molecule has 0 saturated heterocycles. The number of ether oxygens (including phenoxy) is 1. The highest BCUT2D eigenvalue weighted by atomic mass is 35.5. The molecule has 1 atom stereocenters. The van der Waals surface area contributed by atoms with Crippen LogP contribution in [0.1, 0.15) is 26.2 Å². The first-order valence-electron chi connectivity index (χ1n) is 7.40. The van der Waals surface area contributed by atoms with Crippen molar-refractivity contribution in [3.8, 4) is 5.75 Å². The second-order valence-electron chi connectivity index (χ2n) is 5.59. The van der Waals surface area contributed by atoms with Crippen molar-refractivity contribution >= 4 is 29.1 Å². The molecular weight excluding hydrogens is 323 g/mol. The summed E-state index contributed by atoms with van der Waals surface area (Å²) in [5, 5.41) is 4.04. The van der Waals surface area contributed by atoms with E-state index in [1.165, 1.54) is 0 Å². The fraction of sp³-hybridized carbons (Fsp3) is 0.562. The Morgan fingerprint density at radius 3 is 2.73 bits per heavy atom. The van der Waals surface area contributed by atoms with Gasteiger partial charge >= 0.3 is 0 Å². The molecule has 0 spiro atoms. The fourth-order valence-electron chi connectivity index (χ4n) is 1.88. The Kier molecular flexibility index (Phi) is 8.61. The molecule has 1 aromatic rings. The zero-order valence-electron chi connectivity index (χ0n) is 13.4. The molecular formula is C16H24Cl2N2O2. The first-order chi connectivity index (χ1) is 10.4. The van der Waals surface area contributed by atoms with Crippen molar-refractivity contribution in [3.05, 3.63) is 28.2 Å². The Balaban J connectivity index is 2.19. The summed E-state index contributed by atoms with van der Waals surface area (Å²) in [7, 11) is 4.04. The summed E-state index contributed by atoms with van der Waals surface area (Å²) in [5.41, 5.74) is 0. The second-order valence-corrected chi connectivity index (χ2v) is 6.43. The molecule has 0 fully saturated rings. The first-order valence-corrected chi connectivity index (χ1v) is 8.16. The number of hydrogen-bond donors (Lipinski definition) is 1. The number of halogens is 2. The van der Waals surface area contributed by atoms with Crippen LogP contribution in [0.25, 0.3) is 0 Å². The van der Waals surface area contributed by atoms with E-state index in [-0.39, 0.29) is 11.9 Å². The molecule has 22 heavy (non-hydrogen) atoms. The molecule has 1 N–H and O–H groups in total. The second kappa shape index (κ2) is 9.93. The van der Waals surface area contributed by atoms with Gasteiger partial charge in [0.05, 0.1) is 11.6 Å². The minimum Gasteiger partial charge on any atom is -0.492 e. The largest absolute Gasteiger partial charge is 0.492 e. The van der Waals surface area contributed by atoms with Crippen LogP contribution in [0.3, 0.4) is 0 Å². The summed E-state index contributed by atoms with van der Waals surface area (Å²) in [4.78, 5) is 13.9. The van der Waals surface area contributed by atoms with Crippen LogP contribution in [0.15, 0.2) is 18.2 Å². The number of nitrogens with one attached hydrogen (secondary N) is 1. The third kappa shape index (κ3) is 7.87. The van der Waals surface area contributed by atoms with E-state index in [2.05, 4.69) is 10.2 Å². The number of rotatable bonds is 9. The molecule has 0 bridgehead atoms. The molecule has 0 aromatic heterocycles. The van der Waals surface area contributed by atoms with E-state index in [0.717, 1.165) is 13.0 Å². The van der Waals surface area contributed by atoms with Crippen LogP contribution in [0.2, 0.25) is 10.0 Å². The molecule has 0 saturated carbocycles. The van der Waals surface area contributed by atoms with Crippen molar-refractivity contribution in [2.45, 2.75) is 32.2 Å². The van der Waals surface area contributed by atoms with Crippen LogP contribution in [0, 0.1) is 0 Å². The van der Waals surface area contributed by atoms with Crippen molar-refractivity contribution in [3.63, 3.8) is 0 Å². The van der Waals surface area contributed by atoms with Gasteiger partial charge in [0, 0.05) is 17.5 Å². The van der Waals surface area contributed by atoms with Gasteiger partial charge in [0.15, 0.2) is 0 Å². The number of nitrogens with zero attached hydrogens (tertiary/aromatic N) is 1. The Morgan fingerprint density at radius 2 is 2.09 bits per heavy atom. The Hall–Kier alpha value is -0.970. The smallest absolute Gasteiger partial charge is 0.220 e. The highest BCUT2D eigenvalue weighted by molar-refractivity contribution is 6.35. The number of amides is 1. The molecule has 124 valence electrons. The first kappa shape index (κ1) is 19.1. The van der Waals surface area contributed by atoms with Gasteiger partial charge in [-0.05, 0) is 58.6 Å². The molecule has 0 radical (unpaired) electrons. The summed E-state index contributed by atoms with van der Waals surface area (Å²) in [5.74, 6) is 0.642. The molecule has 1 unspecified atom stereocenters. The lowest BCUT2D eigenvalue weighted by atomic mass is 10.2. The van der Waals surface area contributed by atoms with Crippen molar-refractivity contribution in [2.24, 2.45) is 0 Å². The predicted octanol–water partition coefficient (Wildman–Crippen LogP) is 3.61. The summed E-state index contributed by atoms with van der Waals surface area (Å²) >= 11 is 11.8. The van der Waals surface area contributed by atoms with Crippen molar-refractivity contribution in [1.82, 2.24) is 10.2 Å². The molecule has 0 aliphatic rings. The van der Waals surface area contributed by atoms with Gasteiger partial charge in [-0.25, -0.2) is 0 Å². The third-order valence-electron chi connectivity index (χ3n) is 3.12. The van der Waals surface area contributed by atoms with E-state index >= 15 is 0 Å². The number of benzene rings is 1. The monoisotopic (exact) mass is 346 g/mol. The minimum absolute atomic E-state index is 0.0528. The fourth-order valence-corrected chi connectivity index (χ4v) is 2.34. The highest BCUT2D eigenvalue weighted by Gasteiger charge is 2.08. The van der Waals surface area contributed by atoms with Crippen LogP contribution in [0.4, 0.5) is 0 Å². The van der Waals surface area contributed by atoms with E-state index in [1.807, 2.05) is 21.0 Å². The summed E-state index contributed by atoms with van der Waals surface area (Å²) in [6.07, 6.45) is 2.03. The van der Waals surface area contributed by atoms with E-state index < -0.39 is 0 Å². The van der Waals surface area contributed by atoms with Crippen LogP contribution in [-0.2, 0) is 4.79 Å². The highest BCUT2D eigenvalue weighted by Crippen LogP contribution is 2.27. The van der Waals surface area contributed by atoms with Gasteiger partial charge in [-0.2, -0.15) is 0 Å². The van der Waals surface area contributed by atoms with Gasteiger partial charge < -0.3 is 15.0 Å². The number of carbonyl (C=O) groups is 1. The normalized spacial score (nSPS) is 12.3. The molecule has 1 amide bonds. The van der Waals surface area contributed by atoms with E-state index in [4.69, 9.17) is 27.9 Å². The van der Waals surface area contributed by atoms with Crippen molar-refractivity contribution in [1.29, 1.82) is 0 Å². The van der Waals surface area contributed by atoms with Gasteiger partial charge in [-0.1, -0.05) is 23.2 Å². The van der Waals surface area contributed by atoms with E-state index in [0.29, 0.717) is 35.2 Å². The van der Waals surface area contributed by atoms with Gasteiger partial charge in [0.2, 0.25) is 5.91 Å². The van der Waals surface area contributed by atoms with Crippen LogP contribution in [0.5, 0.6) is 5.75 Å². The lowest BCUT2D eigenvalue weighted by Gasteiger charge is -2.16. The molecule has 0 heterocycles. The van der Waals surface area contributed by atoms with Crippen molar-refractivity contribution in [2.75, 3.05) is 27.2 Å². The summed E-state index contributed by atoms with van der Waals surface area (Å²) in [6, 6.07) is 5.27. The quantitative estimate of drug-likeness (QED) is 0.694. The zero-order valence-corrected chi connectivity index (χ0v) is 14.9. The van der Waals surface area contributed by atoms with Gasteiger partial charge in [-0.3, -0.25) is 4.79 Å². The average molecular weight is 347 g/mol. The topological polar surface area (TPSA) is 41.6 Å². The maximum absolute atomic E-state index is 11.8. The Labute approximate surface area is 142 Å². The molecule has 1 aromatic carbocycles. The predicted molar refractivity (Wildman–Crippen MR) is 92.0 cm³/mol. The number of hydrogen-bond acceptors (Lipinski definition) is 3. The van der Waals surface area contributed by atoms with Crippen molar-refractivity contribution < 1.29 is 9.53 Å². The Bertz CT molecular complexity index is 481. The lowest BCUT2D eigenvalue weighted by molar-refractivity contribution is -0.121. The summed E-state index contributed by atoms with van der Waals surface area (Å²) in [6.45, 7) is 3.42. The van der Waals surface area contributed by atoms with E-state index in [1.54, 1.807) is 18.2 Å². The van der Waals surface area contributed by atoms with Crippen LogP contribution in [-0.4, -0.2) is 44.1 Å². The molecule has 0 aliphatic heterocycles. The standard InChI is InChI=1S/C16H24Cl2N2O2/c1-12(8-9-20(2)3)19-16(21)5-4-10-22-15-7-6-13(17)11-14(15)18/h6-7,11-12H,4-5,8-10H2,1-3H3,(H,19,21). The lowest BCUT2D eigenvalue weighted by Crippen LogP contribution is -2.34. The van der Waals surface area contributed by atoms with E-state index in [9.17, 15) is 4.79 Å². The third-order valence-corrected chi connectivity index (χ3v) is 3.65. The molecule has 4 nitrogen and oxygen atoms in total. The van der Waals surface area contributed by atoms with Gasteiger partial charge in [0.1, 0.15) is 5.75 Å². The zero-order chi connectivity index (χ0) is 16.5. The minimum atomic E-state index is 0.0528. The molecule has 0 aliphatic carbocycles. The van der Waals surface area contributed by atoms with Gasteiger partial charge in [0.25, 0.3) is 0 Å². The molecule has 6 heteroatoms. The maximum Gasteiger partial charge on any atom is 0.220 e.